The molecule has 0 radical (unpaired) electrons. The van der Waals surface area contributed by atoms with Gasteiger partial charge in [-0.05, 0) is 36.9 Å². The Hall–Kier alpha value is -2.24. The van der Waals surface area contributed by atoms with E-state index in [1.165, 1.54) is 0 Å². The lowest BCUT2D eigenvalue weighted by molar-refractivity contribution is 0.102. The van der Waals surface area contributed by atoms with Crippen LogP contribution in [0.5, 0.6) is 0 Å². The molecule has 6 heteroatoms. The zero-order valence-electron chi connectivity index (χ0n) is 14.0. The predicted molar refractivity (Wildman–Crippen MR) is 104 cm³/mol. The van der Waals surface area contributed by atoms with E-state index in [4.69, 9.17) is 11.6 Å². The van der Waals surface area contributed by atoms with Crippen molar-refractivity contribution in [1.29, 1.82) is 0 Å². The number of amides is 1. The van der Waals surface area contributed by atoms with Crippen LogP contribution in [0.15, 0.2) is 59.5 Å². The normalized spacial score (nSPS) is 10.7. The molecule has 0 spiro atoms. The molecule has 1 aromatic heterocycles. The van der Waals surface area contributed by atoms with Crippen LogP contribution < -0.4 is 5.32 Å². The lowest BCUT2D eigenvalue weighted by Gasteiger charge is -2.07. The maximum atomic E-state index is 12.7. The number of benzene rings is 2. The SMILES string of the molecule is CSc1cccc(NC(=O)c2c(C)nn(Cc3ccccc3)c2Cl)c1. The van der Waals surface area contributed by atoms with Gasteiger partial charge in [-0.25, -0.2) is 4.68 Å². The number of nitrogens with zero attached hydrogens (tertiary/aromatic N) is 2. The third kappa shape index (κ3) is 4.06. The first kappa shape index (κ1) is 17.6. The van der Waals surface area contributed by atoms with Crippen LogP contribution >= 0.6 is 23.4 Å². The van der Waals surface area contributed by atoms with Gasteiger partial charge in [0.05, 0.1) is 17.8 Å². The molecule has 128 valence electrons. The van der Waals surface area contributed by atoms with Gasteiger partial charge in [0.1, 0.15) is 5.15 Å². The Morgan fingerprint density at radius 2 is 1.96 bits per heavy atom. The Kier molecular flexibility index (Phi) is 5.46. The molecule has 0 atom stereocenters. The maximum Gasteiger partial charge on any atom is 0.260 e. The summed E-state index contributed by atoms with van der Waals surface area (Å²) in [6.45, 7) is 2.32. The van der Waals surface area contributed by atoms with Gasteiger partial charge < -0.3 is 5.32 Å². The van der Waals surface area contributed by atoms with Crippen LogP contribution in [-0.2, 0) is 6.54 Å². The second-order valence-electron chi connectivity index (χ2n) is 5.58. The molecule has 25 heavy (non-hydrogen) atoms. The Morgan fingerprint density at radius 3 is 2.68 bits per heavy atom. The first-order valence-electron chi connectivity index (χ1n) is 7.80. The average Bonchev–Trinajstić information content (AvgIpc) is 2.89. The maximum absolute atomic E-state index is 12.7. The zero-order chi connectivity index (χ0) is 17.8. The first-order valence-corrected chi connectivity index (χ1v) is 9.41. The number of nitrogens with one attached hydrogen (secondary N) is 1. The van der Waals surface area contributed by atoms with Gasteiger partial charge in [0.25, 0.3) is 5.91 Å². The van der Waals surface area contributed by atoms with Crippen LogP contribution in [0.4, 0.5) is 5.69 Å². The molecule has 0 saturated heterocycles. The topological polar surface area (TPSA) is 46.9 Å². The highest BCUT2D eigenvalue weighted by molar-refractivity contribution is 7.98. The fraction of sp³-hybridized carbons (Fsp3) is 0.158. The van der Waals surface area contributed by atoms with Crippen LogP contribution in [-0.4, -0.2) is 21.9 Å². The van der Waals surface area contributed by atoms with E-state index in [2.05, 4.69) is 10.4 Å². The van der Waals surface area contributed by atoms with Crippen molar-refractivity contribution in [1.82, 2.24) is 9.78 Å². The molecule has 0 bridgehead atoms. The second kappa shape index (κ2) is 7.76. The molecule has 1 heterocycles. The molecule has 1 N–H and O–H groups in total. The first-order chi connectivity index (χ1) is 12.1. The molecule has 0 unspecified atom stereocenters. The van der Waals surface area contributed by atoms with Gasteiger partial charge in [-0.15, -0.1) is 11.8 Å². The van der Waals surface area contributed by atoms with Crippen LogP contribution in [0.2, 0.25) is 5.15 Å². The molecule has 0 aliphatic carbocycles. The Balaban J connectivity index is 1.83. The molecule has 4 nitrogen and oxygen atoms in total. The van der Waals surface area contributed by atoms with Crippen molar-refractivity contribution in [3.63, 3.8) is 0 Å². The number of halogens is 1. The standard InChI is InChI=1S/C19H18ClN3OS/c1-13-17(19(24)21-15-9-6-10-16(11-15)25-2)18(20)23(22-13)12-14-7-4-3-5-8-14/h3-11H,12H2,1-2H3,(H,21,24). The van der Waals surface area contributed by atoms with E-state index < -0.39 is 0 Å². The number of rotatable bonds is 5. The number of carbonyl (C=O) groups excluding carboxylic acids is 1. The van der Waals surface area contributed by atoms with Crippen molar-refractivity contribution in [2.24, 2.45) is 0 Å². The lowest BCUT2D eigenvalue weighted by Crippen LogP contribution is -2.13. The lowest BCUT2D eigenvalue weighted by atomic mass is 10.2. The molecule has 0 aliphatic heterocycles. The van der Waals surface area contributed by atoms with Gasteiger partial charge in [-0.3, -0.25) is 4.79 Å². The molecule has 0 fully saturated rings. The third-order valence-electron chi connectivity index (χ3n) is 3.80. The molecule has 3 rings (SSSR count). The second-order valence-corrected chi connectivity index (χ2v) is 6.82. The van der Waals surface area contributed by atoms with Crippen LogP contribution in [0.1, 0.15) is 21.6 Å². The molecular formula is C19H18ClN3OS. The van der Waals surface area contributed by atoms with Crippen LogP contribution in [0, 0.1) is 6.92 Å². The van der Waals surface area contributed by atoms with Gasteiger partial charge in [-0.1, -0.05) is 48.0 Å². The van der Waals surface area contributed by atoms with Crippen LogP contribution in [0.25, 0.3) is 0 Å². The average molecular weight is 372 g/mol. The molecule has 0 saturated carbocycles. The van der Waals surface area contributed by atoms with E-state index in [9.17, 15) is 4.79 Å². The van der Waals surface area contributed by atoms with Crippen molar-refractivity contribution >= 4 is 35.0 Å². The van der Waals surface area contributed by atoms with Gasteiger partial charge >= 0.3 is 0 Å². The molecule has 3 aromatic rings. The predicted octanol–water partition coefficient (Wildman–Crippen LogP) is 4.87. The summed E-state index contributed by atoms with van der Waals surface area (Å²) in [7, 11) is 0. The quantitative estimate of drug-likeness (QED) is 0.651. The Morgan fingerprint density at radius 1 is 1.20 bits per heavy atom. The highest BCUT2D eigenvalue weighted by Crippen LogP contribution is 2.24. The number of hydrogen-bond donors (Lipinski definition) is 1. The number of carbonyl (C=O) groups is 1. The van der Waals surface area contributed by atoms with E-state index in [-0.39, 0.29) is 5.91 Å². The summed E-state index contributed by atoms with van der Waals surface area (Å²) >= 11 is 8.06. The third-order valence-corrected chi connectivity index (χ3v) is 4.90. The summed E-state index contributed by atoms with van der Waals surface area (Å²) in [6.07, 6.45) is 2.00. The van der Waals surface area contributed by atoms with Gasteiger partial charge in [0, 0.05) is 10.6 Å². The minimum absolute atomic E-state index is 0.250. The summed E-state index contributed by atoms with van der Waals surface area (Å²) in [5.41, 5.74) is 2.83. The zero-order valence-corrected chi connectivity index (χ0v) is 15.6. The van der Waals surface area contributed by atoms with Crippen molar-refractivity contribution in [2.45, 2.75) is 18.4 Å². The fourth-order valence-electron chi connectivity index (χ4n) is 2.57. The molecule has 0 aliphatic rings. The van der Waals surface area contributed by atoms with Gasteiger partial charge in [0.15, 0.2) is 0 Å². The fourth-order valence-corrected chi connectivity index (χ4v) is 3.35. The number of aryl methyl sites for hydroxylation is 1. The number of anilines is 1. The van der Waals surface area contributed by atoms with Gasteiger partial charge in [-0.2, -0.15) is 5.10 Å². The Bertz CT molecular complexity index is 893. The number of aromatic nitrogens is 2. The van der Waals surface area contributed by atoms with E-state index >= 15 is 0 Å². The molecule has 1 amide bonds. The molecular weight excluding hydrogens is 354 g/mol. The van der Waals surface area contributed by atoms with Crippen LogP contribution in [0.3, 0.4) is 0 Å². The van der Waals surface area contributed by atoms with Crippen molar-refractivity contribution in [2.75, 3.05) is 11.6 Å². The number of thioether (sulfide) groups is 1. The highest BCUT2D eigenvalue weighted by atomic mass is 35.5. The summed E-state index contributed by atoms with van der Waals surface area (Å²) in [5, 5.41) is 7.67. The highest BCUT2D eigenvalue weighted by Gasteiger charge is 2.20. The smallest absolute Gasteiger partial charge is 0.260 e. The largest absolute Gasteiger partial charge is 0.322 e. The summed E-state index contributed by atoms with van der Waals surface area (Å²) in [4.78, 5) is 13.7. The van der Waals surface area contributed by atoms with Crippen molar-refractivity contribution in [3.8, 4) is 0 Å². The summed E-state index contributed by atoms with van der Waals surface area (Å²) in [5.74, 6) is -0.250. The van der Waals surface area contributed by atoms with Crippen molar-refractivity contribution in [3.05, 3.63) is 76.6 Å². The van der Waals surface area contributed by atoms with Crippen molar-refractivity contribution < 1.29 is 4.79 Å². The summed E-state index contributed by atoms with van der Waals surface area (Å²) < 4.78 is 1.65. The monoisotopic (exact) mass is 371 g/mol. The van der Waals surface area contributed by atoms with E-state index in [0.29, 0.717) is 23.0 Å². The summed E-state index contributed by atoms with van der Waals surface area (Å²) in [6, 6.07) is 17.6. The van der Waals surface area contributed by atoms with E-state index in [1.54, 1.807) is 23.4 Å². The number of hydrogen-bond acceptors (Lipinski definition) is 3. The van der Waals surface area contributed by atoms with E-state index in [1.807, 2.05) is 60.9 Å². The van der Waals surface area contributed by atoms with E-state index in [0.717, 1.165) is 16.1 Å². The Labute approximate surface area is 156 Å². The minimum atomic E-state index is -0.250. The van der Waals surface area contributed by atoms with Gasteiger partial charge in [0.2, 0.25) is 0 Å². The molecule has 2 aromatic carbocycles. The minimum Gasteiger partial charge on any atom is -0.322 e.